The van der Waals surface area contributed by atoms with E-state index in [9.17, 15) is 9.59 Å². The second-order valence-electron chi connectivity index (χ2n) is 6.77. The van der Waals surface area contributed by atoms with Crippen LogP contribution in [0.25, 0.3) is 11.5 Å². The smallest absolute Gasteiger partial charge is 0.243 e. The molecule has 2 heterocycles. The second-order valence-corrected chi connectivity index (χ2v) is 6.77. The highest BCUT2D eigenvalue weighted by Crippen LogP contribution is 2.18. The van der Waals surface area contributed by atoms with Crippen LogP contribution in [0.5, 0.6) is 0 Å². The van der Waals surface area contributed by atoms with Gasteiger partial charge in [0.1, 0.15) is 5.69 Å². The van der Waals surface area contributed by atoms with Gasteiger partial charge in [-0.25, -0.2) is 0 Å². The van der Waals surface area contributed by atoms with Crippen LogP contribution in [0, 0.1) is 13.8 Å². The van der Waals surface area contributed by atoms with Gasteiger partial charge in [-0.2, -0.15) is 4.98 Å². The summed E-state index contributed by atoms with van der Waals surface area (Å²) in [7, 11) is 1.60. The third-order valence-electron chi connectivity index (χ3n) is 4.60. The fourth-order valence-electron chi connectivity index (χ4n) is 2.74. The van der Waals surface area contributed by atoms with Gasteiger partial charge < -0.3 is 14.7 Å². The van der Waals surface area contributed by atoms with Crippen LogP contribution in [0.1, 0.15) is 23.4 Å². The number of nitrogens with one attached hydrogen (secondary N) is 1. The Kier molecular flexibility index (Phi) is 6.33. The van der Waals surface area contributed by atoms with Gasteiger partial charge in [0.05, 0.1) is 6.54 Å². The van der Waals surface area contributed by atoms with Gasteiger partial charge in [0, 0.05) is 31.8 Å². The lowest BCUT2D eigenvalue weighted by Crippen LogP contribution is -2.35. The molecular formula is C21H23N5O3. The number of hydrogen-bond donors (Lipinski definition) is 1. The predicted octanol–water partition coefficient (Wildman–Crippen LogP) is 2.78. The molecule has 0 bridgehead atoms. The van der Waals surface area contributed by atoms with E-state index in [-0.39, 0.29) is 24.8 Å². The van der Waals surface area contributed by atoms with Gasteiger partial charge in [-0.05, 0) is 43.2 Å². The normalized spacial score (nSPS) is 10.6. The molecule has 150 valence electrons. The average Bonchev–Trinajstić information content (AvgIpc) is 3.19. The highest BCUT2D eigenvalue weighted by Gasteiger charge is 2.16. The summed E-state index contributed by atoms with van der Waals surface area (Å²) in [4.78, 5) is 34.4. The summed E-state index contributed by atoms with van der Waals surface area (Å²) in [6.45, 7) is 3.90. The molecule has 2 aromatic heterocycles. The summed E-state index contributed by atoms with van der Waals surface area (Å²) >= 11 is 0. The molecule has 8 nitrogen and oxygen atoms in total. The number of aromatic nitrogens is 3. The summed E-state index contributed by atoms with van der Waals surface area (Å²) in [6, 6.07) is 11.1. The van der Waals surface area contributed by atoms with Crippen molar-refractivity contribution in [1.82, 2.24) is 20.0 Å². The minimum absolute atomic E-state index is 0.0325. The van der Waals surface area contributed by atoms with E-state index in [4.69, 9.17) is 4.52 Å². The van der Waals surface area contributed by atoms with Crippen LogP contribution in [-0.2, 0) is 16.0 Å². The SMILES string of the molecule is Cc1cccc(NC(=O)CN(C)C(=O)CCc2nc(-c3ccccn3)no2)c1C. The van der Waals surface area contributed by atoms with Crippen LogP contribution < -0.4 is 5.32 Å². The molecule has 1 aromatic carbocycles. The van der Waals surface area contributed by atoms with Crippen LogP contribution in [0.4, 0.5) is 5.69 Å². The Morgan fingerprint density at radius 1 is 1.14 bits per heavy atom. The van der Waals surface area contributed by atoms with Crippen molar-refractivity contribution in [2.45, 2.75) is 26.7 Å². The topological polar surface area (TPSA) is 101 Å². The summed E-state index contributed by atoms with van der Waals surface area (Å²) in [5, 5.41) is 6.73. The molecule has 0 unspecified atom stereocenters. The molecule has 0 atom stereocenters. The van der Waals surface area contributed by atoms with Crippen LogP contribution in [-0.4, -0.2) is 45.4 Å². The van der Waals surface area contributed by atoms with Crippen molar-refractivity contribution in [1.29, 1.82) is 0 Å². The molecule has 3 rings (SSSR count). The number of rotatable bonds is 7. The van der Waals surface area contributed by atoms with Crippen molar-refractivity contribution in [3.8, 4) is 11.5 Å². The number of benzene rings is 1. The van der Waals surface area contributed by atoms with Crippen LogP contribution in [0.3, 0.4) is 0 Å². The lowest BCUT2D eigenvalue weighted by Gasteiger charge is -2.17. The minimum Gasteiger partial charge on any atom is -0.339 e. The maximum absolute atomic E-state index is 12.3. The number of pyridine rings is 1. The number of hydrogen-bond acceptors (Lipinski definition) is 6. The molecule has 0 saturated carbocycles. The molecular weight excluding hydrogens is 370 g/mol. The van der Waals surface area contributed by atoms with Gasteiger partial charge >= 0.3 is 0 Å². The number of aryl methyl sites for hydroxylation is 2. The van der Waals surface area contributed by atoms with Crippen molar-refractivity contribution in [2.75, 3.05) is 18.9 Å². The fraction of sp³-hybridized carbons (Fsp3) is 0.286. The Hall–Kier alpha value is -3.55. The number of amides is 2. The van der Waals surface area contributed by atoms with Gasteiger partial charge in [0.15, 0.2) is 0 Å². The summed E-state index contributed by atoms with van der Waals surface area (Å²) in [6.07, 6.45) is 2.10. The third kappa shape index (κ3) is 5.25. The zero-order chi connectivity index (χ0) is 20.8. The number of carbonyl (C=O) groups excluding carboxylic acids is 2. The second kappa shape index (κ2) is 9.09. The molecule has 29 heavy (non-hydrogen) atoms. The van der Waals surface area contributed by atoms with Crippen molar-refractivity contribution >= 4 is 17.5 Å². The van der Waals surface area contributed by atoms with Gasteiger partial charge in [0.25, 0.3) is 0 Å². The quantitative estimate of drug-likeness (QED) is 0.662. The number of anilines is 1. The molecule has 0 spiro atoms. The van der Waals surface area contributed by atoms with Crippen molar-refractivity contribution < 1.29 is 14.1 Å². The monoisotopic (exact) mass is 393 g/mol. The van der Waals surface area contributed by atoms with E-state index >= 15 is 0 Å². The van der Waals surface area contributed by atoms with Crippen LogP contribution in [0.2, 0.25) is 0 Å². The zero-order valence-corrected chi connectivity index (χ0v) is 16.7. The van der Waals surface area contributed by atoms with Gasteiger partial charge in [-0.3, -0.25) is 14.6 Å². The molecule has 8 heteroatoms. The molecule has 0 aliphatic rings. The van der Waals surface area contributed by atoms with E-state index in [1.165, 1.54) is 4.90 Å². The van der Waals surface area contributed by atoms with E-state index in [1.54, 1.807) is 25.4 Å². The highest BCUT2D eigenvalue weighted by atomic mass is 16.5. The maximum atomic E-state index is 12.3. The number of likely N-dealkylation sites (N-methyl/N-ethyl adjacent to an activating group) is 1. The van der Waals surface area contributed by atoms with Gasteiger partial charge in [0.2, 0.25) is 23.5 Å². The molecule has 2 amide bonds. The first-order chi connectivity index (χ1) is 13.9. The lowest BCUT2D eigenvalue weighted by atomic mass is 10.1. The van der Waals surface area contributed by atoms with Crippen molar-refractivity contribution in [3.05, 3.63) is 59.6 Å². The number of carbonyl (C=O) groups is 2. The van der Waals surface area contributed by atoms with E-state index in [0.717, 1.165) is 16.8 Å². The summed E-state index contributed by atoms with van der Waals surface area (Å²) in [5.41, 5.74) is 3.46. The zero-order valence-electron chi connectivity index (χ0n) is 16.7. The molecule has 0 aliphatic carbocycles. The van der Waals surface area contributed by atoms with Crippen molar-refractivity contribution in [3.63, 3.8) is 0 Å². The molecule has 0 aliphatic heterocycles. The Balaban J connectivity index is 1.50. The lowest BCUT2D eigenvalue weighted by molar-refractivity contribution is -0.133. The largest absolute Gasteiger partial charge is 0.339 e. The molecule has 3 aromatic rings. The fourth-order valence-corrected chi connectivity index (χ4v) is 2.74. The van der Waals surface area contributed by atoms with E-state index in [1.807, 2.05) is 38.1 Å². The van der Waals surface area contributed by atoms with E-state index in [0.29, 0.717) is 23.8 Å². The first kappa shape index (κ1) is 20.2. The van der Waals surface area contributed by atoms with Crippen LogP contribution in [0.15, 0.2) is 47.1 Å². The Morgan fingerprint density at radius 3 is 2.72 bits per heavy atom. The summed E-state index contributed by atoms with van der Waals surface area (Å²) in [5.74, 6) is 0.310. The molecule has 0 radical (unpaired) electrons. The maximum Gasteiger partial charge on any atom is 0.243 e. The minimum atomic E-state index is -0.246. The standard InChI is InChI=1S/C21H23N5O3/c1-14-7-6-9-16(15(14)2)23-18(27)13-26(3)20(28)11-10-19-24-21(25-29-19)17-8-4-5-12-22-17/h4-9,12H,10-11,13H2,1-3H3,(H,23,27). The third-order valence-corrected chi connectivity index (χ3v) is 4.60. The first-order valence-electron chi connectivity index (χ1n) is 9.28. The van der Waals surface area contributed by atoms with Crippen LogP contribution >= 0.6 is 0 Å². The molecule has 1 N–H and O–H groups in total. The summed E-state index contributed by atoms with van der Waals surface area (Å²) < 4.78 is 5.18. The Labute approximate surface area is 169 Å². The van der Waals surface area contributed by atoms with E-state index < -0.39 is 0 Å². The van der Waals surface area contributed by atoms with E-state index in [2.05, 4.69) is 20.4 Å². The highest BCUT2D eigenvalue weighted by molar-refractivity contribution is 5.95. The average molecular weight is 393 g/mol. The van der Waals surface area contributed by atoms with Gasteiger partial charge in [-0.15, -0.1) is 0 Å². The molecule has 0 saturated heterocycles. The van der Waals surface area contributed by atoms with Crippen molar-refractivity contribution in [2.24, 2.45) is 0 Å². The first-order valence-corrected chi connectivity index (χ1v) is 9.28. The Morgan fingerprint density at radius 2 is 1.97 bits per heavy atom. The predicted molar refractivity (Wildman–Crippen MR) is 108 cm³/mol. The molecule has 0 fully saturated rings. The Bertz CT molecular complexity index is 1000. The van der Waals surface area contributed by atoms with Gasteiger partial charge in [-0.1, -0.05) is 23.4 Å². The number of nitrogens with zero attached hydrogens (tertiary/aromatic N) is 4.